The van der Waals surface area contributed by atoms with Crippen molar-refractivity contribution in [3.05, 3.63) is 23.8 Å². The highest BCUT2D eigenvalue weighted by Gasteiger charge is 2.31. The Morgan fingerprint density at radius 3 is 2.68 bits per heavy atom. The van der Waals surface area contributed by atoms with Gasteiger partial charge in [0.1, 0.15) is 0 Å². The number of hydrogen-bond donors (Lipinski definition) is 2. The van der Waals surface area contributed by atoms with E-state index in [0.717, 1.165) is 18.2 Å². The molecule has 1 aliphatic rings. The Kier molecular flexibility index (Phi) is 3.99. The van der Waals surface area contributed by atoms with Crippen LogP contribution >= 0.6 is 0 Å². The van der Waals surface area contributed by atoms with E-state index in [1.807, 2.05) is 6.07 Å². The van der Waals surface area contributed by atoms with Gasteiger partial charge in [-0.2, -0.15) is 5.26 Å². The molecule has 0 atom stereocenters. The molecule has 1 aliphatic carbocycles. The summed E-state index contributed by atoms with van der Waals surface area (Å²) in [6.45, 7) is 5.54. The molecule has 102 valence electrons. The lowest BCUT2D eigenvalue weighted by Gasteiger charge is -2.32. The van der Waals surface area contributed by atoms with E-state index in [1.54, 1.807) is 12.1 Å². The molecule has 2 rings (SSSR count). The third kappa shape index (κ3) is 3.20. The Hall–Kier alpha value is -1.69. The summed E-state index contributed by atoms with van der Waals surface area (Å²) >= 11 is 0. The number of rotatable bonds is 4. The predicted octanol–water partition coefficient (Wildman–Crippen LogP) is 3.77. The second-order valence-electron chi connectivity index (χ2n) is 6.24. The molecule has 1 fully saturated rings. The maximum absolute atomic E-state index is 8.94. The molecule has 3 heteroatoms. The molecule has 3 nitrogen and oxygen atoms in total. The highest BCUT2D eigenvalue weighted by atomic mass is 14.9. The summed E-state index contributed by atoms with van der Waals surface area (Å²) in [5, 5.41) is 12.4. The van der Waals surface area contributed by atoms with E-state index in [2.05, 4.69) is 25.2 Å². The van der Waals surface area contributed by atoms with Crippen LogP contribution < -0.4 is 11.1 Å². The van der Waals surface area contributed by atoms with Crippen molar-refractivity contribution in [3.63, 3.8) is 0 Å². The average Bonchev–Trinajstić information content (AvgIpc) is 2.92. The standard InChI is InChI=1S/C16H23N3/c1-16(2,13-5-3-4-6-13)11-19-15-9-12(10-17)7-8-14(15)18/h7-9,13,19H,3-6,11,18H2,1-2H3. The molecule has 0 saturated heterocycles. The summed E-state index contributed by atoms with van der Waals surface area (Å²) in [6.07, 6.45) is 5.39. The van der Waals surface area contributed by atoms with Gasteiger partial charge in [0.25, 0.3) is 0 Å². The van der Waals surface area contributed by atoms with Crippen molar-refractivity contribution in [3.8, 4) is 6.07 Å². The van der Waals surface area contributed by atoms with Crippen LogP contribution in [0, 0.1) is 22.7 Å². The molecular weight excluding hydrogens is 234 g/mol. The molecule has 3 N–H and O–H groups in total. The van der Waals surface area contributed by atoms with Gasteiger partial charge in [-0.25, -0.2) is 0 Å². The number of nitriles is 1. The minimum absolute atomic E-state index is 0.269. The average molecular weight is 257 g/mol. The zero-order valence-corrected chi connectivity index (χ0v) is 11.9. The third-order valence-electron chi connectivity index (χ3n) is 4.38. The maximum atomic E-state index is 8.94. The lowest BCUT2D eigenvalue weighted by molar-refractivity contribution is 0.234. The lowest BCUT2D eigenvalue weighted by atomic mass is 9.77. The van der Waals surface area contributed by atoms with Crippen LogP contribution in [0.15, 0.2) is 18.2 Å². The van der Waals surface area contributed by atoms with Crippen LogP contribution in [0.5, 0.6) is 0 Å². The van der Waals surface area contributed by atoms with Crippen LogP contribution in [0.25, 0.3) is 0 Å². The number of nitrogens with zero attached hydrogens (tertiary/aromatic N) is 1. The molecule has 0 amide bonds. The van der Waals surface area contributed by atoms with Gasteiger partial charge in [0.05, 0.1) is 23.0 Å². The van der Waals surface area contributed by atoms with Crippen molar-refractivity contribution in [2.24, 2.45) is 11.3 Å². The van der Waals surface area contributed by atoms with Gasteiger partial charge in [0.2, 0.25) is 0 Å². The molecule has 1 saturated carbocycles. The summed E-state index contributed by atoms with van der Waals surface area (Å²) in [5.41, 5.74) is 8.46. The van der Waals surface area contributed by atoms with E-state index < -0.39 is 0 Å². The number of nitrogen functional groups attached to an aromatic ring is 1. The summed E-state index contributed by atoms with van der Waals surface area (Å²) in [6, 6.07) is 7.53. The van der Waals surface area contributed by atoms with Crippen LogP contribution in [-0.4, -0.2) is 6.54 Å². The normalized spacial score (nSPS) is 16.3. The van der Waals surface area contributed by atoms with Gasteiger partial charge >= 0.3 is 0 Å². The zero-order valence-electron chi connectivity index (χ0n) is 11.9. The quantitative estimate of drug-likeness (QED) is 0.807. The molecule has 0 unspecified atom stereocenters. The lowest BCUT2D eigenvalue weighted by Crippen LogP contribution is -2.30. The van der Waals surface area contributed by atoms with Crippen LogP contribution in [0.3, 0.4) is 0 Å². The Morgan fingerprint density at radius 2 is 2.05 bits per heavy atom. The van der Waals surface area contributed by atoms with Crippen molar-refractivity contribution in [1.82, 2.24) is 0 Å². The topological polar surface area (TPSA) is 61.8 Å². The Labute approximate surface area is 115 Å². The summed E-state index contributed by atoms with van der Waals surface area (Å²) < 4.78 is 0. The van der Waals surface area contributed by atoms with Gasteiger partial charge in [-0.15, -0.1) is 0 Å². The predicted molar refractivity (Wildman–Crippen MR) is 79.8 cm³/mol. The Bertz CT molecular complexity index is 479. The maximum Gasteiger partial charge on any atom is 0.0992 e. The smallest absolute Gasteiger partial charge is 0.0992 e. The summed E-state index contributed by atoms with van der Waals surface area (Å²) in [4.78, 5) is 0. The number of nitrogens with one attached hydrogen (secondary N) is 1. The van der Waals surface area contributed by atoms with E-state index >= 15 is 0 Å². The number of hydrogen-bond acceptors (Lipinski definition) is 3. The first-order valence-electron chi connectivity index (χ1n) is 7.06. The van der Waals surface area contributed by atoms with Crippen molar-refractivity contribution >= 4 is 11.4 Å². The molecule has 0 heterocycles. The molecule has 0 aliphatic heterocycles. The highest BCUT2D eigenvalue weighted by molar-refractivity contribution is 5.68. The van der Waals surface area contributed by atoms with Gasteiger partial charge < -0.3 is 11.1 Å². The monoisotopic (exact) mass is 257 g/mol. The first-order valence-corrected chi connectivity index (χ1v) is 7.06. The fourth-order valence-electron chi connectivity index (χ4n) is 2.95. The highest BCUT2D eigenvalue weighted by Crippen LogP contribution is 2.39. The number of benzene rings is 1. The van der Waals surface area contributed by atoms with Crippen LogP contribution in [0.2, 0.25) is 0 Å². The molecule has 0 aromatic heterocycles. The van der Waals surface area contributed by atoms with Gasteiger partial charge in [-0.05, 0) is 42.4 Å². The van der Waals surface area contributed by atoms with Gasteiger partial charge in [-0.1, -0.05) is 26.7 Å². The minimum Gasteiger partial charge on any atom is -0.397 e. The fraction of sp³-hybridized carbons (Fsp3) is 0.562. The zero-order chi connectivity index (χ0) is 13.9. The molecule has 1 aromatic rings. The van der Waals surface area contributed by atoms with Crippen molar-refractivity contribution in [2.45, 2.75) is 39.5 Å². The van der Waals surface area contributed by atoms with E-state index in [4.69, 9.17) is 11.0 Å². The summed E-state index contributed by atoms with van der Waals surface area (Å²) in [7, 11) is 0. The molecule has 19 heavy (non-hydrogen) atoms. The largest absolute Gasteiger partial charge is 0.397 e. The molecule has 0 spiro atoms. The van der Waals surface area contributed by atoms with Crippen LogP contribution in [0.4, 0.5) is 11.4 Å². The molecule has 0 bridgehead atoms. The molecule has 0 radical (unpaired) electrons. The van der Waals surface area contributed by atoms with E-state index in [0.29, 0.717) is 11.3 Å². The van der Waals surface area contributed by atoms with E-state index in [9.17, 15) is 0 Å². The van der Waals surface area contributed by atoms with Gasteiger partial charge in [0.15, 0.2) is 0 Å². The van der Waals surface area contributed by atoms with Crippen LogP contribution in [0.1, 0.15) is 45.1 Å². The second kappa shape index (κ2) is 5.52. The first kappa shape index (κ1) is 13.7. The van der Waals surface area contributed by atoms with Gasteiger partial charge in [0, 0.05) is 6.54 Å². The third-order valence-corrected chi connectivity index (χ3v) is 4.38. The Morgan fingerprint density at radius 1 is 1.37 bits per heavy atom. The van der Waals surface area contributed by atoms with Gasteiger partial charge in [-0.3, -0.25) is 0 Å². The second-order valence-corrected chi connectivity index (χ2v) is 6.24. The summed E-state index contributed by atoms with van der Waals surface area (Å²) in [5.74, 6) is 0.792. The van der Waals surface area contributed by atoms with Crippen molar-refractivity contribution < 1.29 is 0 Å². The fourth-order valence-corrected chi connectivity index (χ4v) is 2.95. The molecular formula is C16H23N3. The number of nitrogens with two attached hydrogens (primary N) is 1. The first-order chi connectivity index (χ1) is 9.03. The molecule has 1 aromatic carbocycles. The van der Waals surface area contributed by atoms with E-state index in [1.165, 1.54) is 25.7 Å². The minimum atomic E-state index is 0.269. The van der Waals surface area contributed by atoms with Crippen molar-refractivity contribution in [1.29, 1.82) is 5.26 Å². The Balaban J connectivity index is 2.03. The SMILES string of the molecule is CC(C)(CNc1cc(C#N)ccc1N)C1CCCC1. The van der Waals surface area contributed by atoms with Crippen LogP contribution in [-0.2, 0) is 0 Å². The number of anilines is 2. The van der Waals surface area contributed by atoms with Crippen molar-refractivity contribution in [2.75, 3.05) is 17.6 Å². The van der Waals surface area contributed by atoms with E-state index in [-0.39, 0.29) is 5.41 Å².